The molecule has 0 aromatic carbocycles. The molecule has 0 radical (unpaired) electrons. The van der Waals surface area contributed by atoms with Gasteiger partial charge in [-0.2, -0.15) is 0 Å². The molecule has 1 N–H and O–H groups in total. The SMILES string of the molecule is Br.Br.CC(C)N1CCC(CCc2cnc[nH]2)CC1. The molecular formula is C13H25Br2N3. The van der Waals surface area contributed by atoms with Gasteiger partial charge in [0.1, 0.15) is 0 Å². The molecule has 3 nitrogen and oxygen atoms in total. The van der Waals surface area contributed by atoms with Crippen LogP contribution < -0.4 is 0 Å². The lowest BCUT2D eigenvalue weighted by molar-refractivity contribution is 0.145. The normalized spacial score (nSPS) is 17.3. The van der Waals surface area contributed by atoms with Crippen LogP contribution in [0, 0.1) is 5.92 Å². The molecule has 0 spiro atoms. The third-order valence-corrected chi connectivity index (χ3v) is 3.76. The van der Waals surface area contributed by atoms with Crippen molar-refractivity contribution in [3.05, 3.63) is 18.2 Å². The first-order valence-corrected chi connectivity index (χ1v) is 6.47. The zero-order valence-electron chi connectivity index (χ0n) is 11.3. The smallest absolute Gasteiger partial charge is 0.0921 e. The maximum atomic E-state index is 4.06. The average Bonchev–Trinajstić information content (AvgIpc) is 2.80. The van der Waals surface area contributed by atoms with E-state index in [9.17, 15) is 0 Å². The second-order valence-corrected chi connectivity index (χ2v) is 5.19. The highest BCUT2D eigenvalue weighted by Gasteiger charge is 2.20. The number of halogens is 2. The molecule has 0 bridgehead atoms. The average molecular weight is 383 g/mol. The molecule has 1 aliphatic heterocycles. The van der Waals surface area contributed by atoms with Crippen molar-refractivity contribution in [2.75, 3.05) is 13.1 Å². The van der Waals surface area contributed by atoms with Gasteiger partial charge in [-0.25, -0.2) is 4.98 Å². The molecule has 2 heterocycles. The summed E-state index contributed by atoms with van der Waals surface area (Å²) in [7, 11) is 0. The van der Waals surface area contributed by atoms with E-state index in [1.807, 2.05) is 6.20 Å². The molecule has 1 aliphatic rings. The molecule has 1 aromatic heterocycles. The largest absolute Gasteiger partial charge is 0.348 e. The van der Waals surface area contributed by atoms with E-state index in [2.05, 4.69) is 28.7 Å². The van der Waals surface area contributed by atoms with E-state index in [-0.39, 0.29) is 34.0 Å². The highest BCUT2D eigenvalue weighted by atomic mass is 79.9. The van der Waals surface area contributed by atoms with Gasteiger partial charge in [0.25, 0.3) is 0 Å². The molecule has 106 valence electrons. The van der Waals surface area contributed by atoms with E-state index in [1.165, 1.54) is 38.0 Å². The minimum absolute atomic E-state index is 0. The van der Waals surface area contributed by atoms with Crippen LogP contribution in [0.15, 0.2) is 12.5 Å². The highest BCUT2D eigenvalue weighted by molar-refractivity contribution is 8.93. The lowest BCUT2D eigenvalue weighted by Crippen LogP contribution is -2.38. The maximum Gasteiger partial charge on any atom is 0.0921 e. The lowest BCUT2D eigenvalue weighted by atomic mass is 9.91. The van der Waals surface area contributed by atoms with E-state index in [1.54, 1.807) is 6.33 Å². The zero-order valence-corrected chi connectivity index (χ0v) is 14.7. The topological polar surface area (TPSA) is 31.9 Å². The predicted molar refractivity (Wildman–Crippen MR) is 87.0 cm³/mol. The number of hydrogen-bond donors (Lipinski definition) is 1. The first-order valence-electron chi connectivity index (χ1n) is 6.47. The van der Waals surface area contributed by atoms with Crippen LogP contribution in [0.1, 0.15) is 38.8 Å². The monoisotopic (exact) mass is 381 g/mol. The number of hydrogen-bond acceptors (Lipinski definition) is 2. The molecule has 0 saturated carbocycles. The van der Waals surface area contributed by atoms with Gasteiger partial charge in [-0.3, -0.25) is 0 Å². The summed E-state index contributed by atoms with van der Waals surface area (Å²) >= 11 is 0. The Morgan fingerprint density at radius 3 is 2.50 bits per heavy atom. The number of rotatable bonds is 4. The van der Waals surface area contributed by atoms with Crippen molar-refractivity contribution in [1.82, 2.24) is 14.9 Å². The van der Waals surface area contributed by atoms with Crippen molar-refractivity contribution in [1.29, 1.82) is 0 Å². The van der Waals surface area contributed by atoms with Crippen LogP contribution in [0.2, 0.25) is 0 Å². The van der Waals surface area contributed by atoms with Gasteiger partial charge in [0.2, 0.25) is 0 Å². The van der Waals surface area contributed by atoms with E-state index >= 15 is 0 Å². The van der Waals surface area contributed by atoms with Crippen LogP contribution in [-0.4, -0.2) is 34.0 Å². The van der Waals surface area contributed by atoms with Crippen molar-refractivity contribution < 1.29 is 0 Å². The van der Waals surface area contributed by atoms with Gasteiger partial charge in [0, 0.05) is 17.9 Å². The summed E-state index contributed by atoms with van der Waals surface area (Å²) in [5.41, 5.74) is 1.28. The highest BCUT2D eigenvalue weighted by Crippen LogP contribution is 2.22. The Morgan fingerprint density at radius 2 is 2.00 bits per heavy atom. The van der Waals surface area contributed by atoms with Crippen LogP contribution in [-0.2, 0) is 6.42 Å². The fraction of sp³-hybridized carbons (Fsp3) is 0.769. The standard InChI is InChI=1S/C13H23N3.2BrH/c1-11(2)16-7-5-12(6-8-16)3-4-13-9-14-10-15-13;;/h9-12H,3-8H2,1-2H3,(H,14,15);2*1H. The molecule has 1 saturated heterocycles. The van der Waals surface area contributed by atoms with Crippen LogP contribution in [0.4, 0.5) is 0 Å². The molecule has 1 aromatic rings. The van der Waals surface area contributed by atoms with Crippen LogP contribution in [0.3, 0.4) is 0 Å². The number of aromatic amines is 1. The number of H-pyrrole nitrogens is 1. The summed E-state index contributed by atoms with van der Waals surface area (Å²) in [4.78, 5) is 9.83. The maximum absolute atomic E-state index is 4.06. The molecule has 18 heavy (non-hydrogen) atoms. The first kappa shape index (κ1) is 18.1. The Labute approximate surface area is 131 Å². The van der Waals surface area contributed by atoms with Crippen LogP contribution >= 0.6 is 34.0 Å². The van der Waals surface area contributed by atoms with Crippen LogP contribution in [0.25, 0.3) is 0 Å². The van der Waals surface area contributed by atoms with Gasteiger partial charge in [0.05, 0.1) is 6.33 Å². The Kier molecular flexibility index (Phi) is 9.17. The number of nitrogens with one attached hydrogen (secondary N) is 1. The van der Waals surface area contributed by atoms with Crippen molar-refractivity contribution >= 4 is 34.0 Å². The Balaban J connectivity index is 0.00000144. The second kappa shape index (κ2) is 9.10. The summed E-state index contributed by atoms with van der Waals surface area (Å²) in [6.07, 6.45) is 8.93. The Morgan fingerprint density at radius 1 is 1.33 bits per heavy atom. The van der Waals surface area contributed by atoms with Crippen molar-refractivity contribution in [2.24, 2.45) is 5.92 Å². The number of likely N-dealkylation sites (tertiary alicyclic amines) is 1. The third kappa shape index (κ3) is 5.41. The quantitative estimate of drug-likeness (QED) is 0.862. The van der Waals surface area contributed by atoms with Gasteiger partial charge in [-0.05, 0) is 58.5 Å². The lowest BCUT2D eigenvalue weighted by Gasteiger charge is -2.34. The Hall–Kier alpha value is 0.130. The zero-order chi connectivity index (χ0) is 11.4. The molecule has 2 rings (SSSR count). The molecule has 0 amide bonds. The fourth-order valence-corrected chi connectivity index (χ4v) is 2.54. The van der Waals surface area contributed by atoms with Gasteiger partial charge in [-0.1, -0.05) is 0 Å². The van der Waals surface area contributed by atoms with Crippen molar-refractivity contribution in [3.8, 4) is 0 Å². The summed E-state index contributed by atoms with van der Waals surface area (Å²) < 4.78 is 0. The molecule has 0 unspecified atom stereocenters. The van der Waals surface area contributed by atoms with E-state index in [4.69, 9.17) is 0 Å². The number of nitrogens with zero attached hydrogens (tertiary/aromatic N) is 2. The predicted octanol–water partition coefficient (Wildman–Crippen LogP) is 3.62. The second-order valence-electron chi connectivity index (χ2n) is 5.19. The van der Waals surface area contributed by atoms with E-state index in [0.717, 1.165) is 12.3 Å². The summed E-state index contributed by atoms with van der Waals surface area (Å²) in [6, 6.07) is 0.716. The Bertz CT molecular complexity index is 293. The van der Waals surface area contributed by atoms with Gasteiger partial charge in [-0.15, -0.1) is 34.0 Å². The van der Waals surface area contributed by atoms with E-state index in [0.29, 0.717) is 6.04 Å². The van der Waals surface area contributed by atoms with Gasteiger partial charge < -0.3 is 9.88 Å². The number of aromatic nitrogens is 2. The summed E-state index contributed by atoms with van der Waals surface area (Å²) in [6.45, 7) is 7.16. The fourth-order valence-electron chi connectivity index (χ4n) is 2.54. The molecule has 0 aliphatic carbocycles. The summed E-state index contributed by atoms with van der Waals surface area (Å²) in [5.74, 6) is 0.915. The summed E-state index contributed by atoms with van der Waals surface area (Å²) in [5, 5.41) is 0. The molecular weight excluding hydrogens is 358 g/mol. The third-order valence-electron chi connectivity index (χ3n) is 3.76. The first-order chi connectivity index (χ1) is 7.75. The number of imidazole rings is 1. The number of aryl methyl sites for hydroxylation is 1. The van der Waals surface area contributed by atoms with Gasteiger partial charge in [0.15, 0.2) is 0 Å². The minimum atomic E-state index is 0. The van der Waals surface area contributed by atoms with Gasteiger partial charge >= 0.3 is 0 Å². The van der Waals surface area contributed by atoms with Crippen molar-refractivity contribution in [3.63, 3.8) is 0 Å². The molecule has 1 fully saturated rings. The number of piperidine rings is 1. The van der Waals surface area contributed by atoms with Crippen LogP contribution in [0.5, 0.6) is 0 Å². The minimum Gasteiger partial charge on any atom is -0.348 e. The van der Waals surface area contributed by atoms with Crippen molar-refractivity contribution in [2.45, 2.75) is 45.6 Å². The molecule has 0 atom stereocenters. The van der Waals surface area contributed by atoms with E-state index < -0.39 is 0 Å². The molecule has 5 heteroatoms.